The third-order valence-electron chi connectivity index (χ3n) is 8.61. The fourth-order valence-corrected chi connectivity index (χ4v) is 6.81. The molecule has 6 rings (SSSR count). The molecule has 0 unspecified atom stereocenters. The fourth-order valence-electron chi connectivity index (χ4n) is 6.15. The standard InChI is InChI=1S/C37H38Cl2N6O4/c1-21-14-24(15-32-42-19-25(37(48)45(21)32)18-40-16-22(2)46)27-6-4-7-28(34(27)38)29-8-5-9-30(35(29)39)31-12-10-23(36(44-31)49-3)17-41-20-26-11-13-33(47)43-26/h4-10,12,14-15,19,22,26,40-41,46H,11,13,16-18,20H2,1-3H3,(H,43,47)/t22-,26-/m1/s1. The van der Waals surface area contributed by atoms with Crippen LogP contribution in [0.15, 0.2) is 71.7 Å². The van der Waals surface area contributed by atoms with Gasteiger partial charge in [-0.2, -0.15) is 0 Å². The largest absolute Gasteiger partial charge is 0.481 e. The molecular weight excluding hydrogens is 663 g/mol. The van der Waals surface area contributed by atoms with Gasteiger partial charge >= 0.3 is 0 Å². The summed E-state index contributed by atoms with van der Waals surface area (Å²) in [4.78, 5) is 34.1. The lowest BCUT2D eigenvalue weighted by Crippen LogP contribution is -2.35. The topological polar surface area (TPSA) is 130 Å². The van der Waals surface area contributed by atoms with Crippen molar-refractivity contribution in [1.29, 1.82) is 0 Å². The van der Waals surface area contributed by atoms with E-state index >= 15 is 0 Å². The SMILES string of the molecule is COc1nc(-c2cccc(-c3cccc(-c4cc(C)n5c(=O)c(CNC[C@@H](C)O)cnc5c4)c3Cl)c2Cl)ccc1CNC[C@H]1CCC(=O)N1. The molecule has 10 nitrogen and oxygen atoms in total. The Bertz CT molecular complexity index is 2080. The molecule has 12 heteroatoms. The molecule has 0 aliphatic carbocycles. The Labute approximate surface area is 294 Å². The zero-order valence-electron chi connectivity index (χ0n) is 27.5. The lowest BCUT2D eigenvalue weighted by molar-refractivity contribution is -0.119. The first-order valence-corrected chi connectivity index (χ1v) is 16.9. The Balaban J connectivity index is 1.28. The molecular formula is C37H38Cl2N6O4. The number of pyridine rings is 2. The van der Waals surface area contributed by atoms with E-state index in [1.807, 2.05) is 67.6 Å². The van der Waals surface area contributed by atoms with E-state index in [9.17, 15) is 14.7 Å². The van der Waals surface area contributed by atoms with Crippen LogP contribution in [-0.2, 0) is 17.9 Å². The van der Waals surface area contributed by atoms with Gasteiger partial charge in [0.25, 0.3) is 5.56 Å². The van der Waals surface area contributed by atoms with Crippen LogP contribution in [0, 0.1) is 6.92 Å². The summed E-state index contributed by atoms with van der Waals surface area (Å²) in [6.45, 7) is 5.44. The summed E-state index contributed by atoms with van der Waals surface area (Å²) < 4.78 is 7.22. The number of nitrogens with one attached hydrogen (secondary N) is 3. The van der Waals surface area contributed by atoms with Gasteiger partial charge in [0.2, 0.25) is 11.8 Å². The highest BCUT2D eigenvalue weighted by Crippen LogP contribution is 2.42. The van der Waals surface area contributed by atoms with Crippen molar-refractivity contribution in [2.45, 2.75) is 51.9 Å². The van der Waals surface area contributed by atoms with Crippen LogP contribution < -0.4 is 26.2 Å². The number of aryl methyl sites for hydroxylation is 1. The monoisotopic (exact) mass is 700 g/mol. The summed E-state index contributed by atoms with van der Waals surface area (Å²) >= 11 is 14.2. The number of carbonyl (C=O) groups excluding carboxylic acids is 1. The zero-order chi connectivity index (χ0) is 34.7. The van der Waals surface area contributed by atoms with Gasteiger partial charge in [0, 0.05) is 78.3 Å². The number of rotatable bonds is 12. The molecule has 0 radical (unpaired) electrons. The third kappa shape index (κ3) is 7.49. The molecule has 4 heterocycles. The van der Waals surface area contributed by atoms with Gasteiger partial charge in [-0.3, -0.25) is 14.0 Å². The lowest BCUT2D eigenvalue weighted by Gasteiger charge is -2.16. The van der Waals surface area contributed by atoms with Gasteiger partial charge in [-0.25, -0.2) is 9.97 Å². The molecule has 49 heavy (non-hydrogen) atoms. The summed E-state index contributed by atoms with van der Waals surface area (Å²) in [5, 5.41) is 20.0. The van der Waals surface area contributed by atoms with Gasteiger partial charge in [0.1, 0.15) is 5.65 Å². The van der Waals surface area contributed by atoms with Gasteiger partial charge in [0.15, 0.2) is 0 Å². The molecule has 1 fully saturated rings. The minimum atomic E-state index is -0.516. The number of carbonyl (C=O) groups is 1. The van der Waals surface area contributed by atoms with E-state index in [-0.39, 0.29) is 17.5 Å². The average molecular weight is 702 g/mol. The molecule has 5 aromatic rings. The predicted molar refractivity (Wildman–Crippen MR) is 193 cm³/mol. The van der Waals surface area contributed by atoms with E-state index in [4.69, 9.17) is 32.9 Å². The van der Waals surface area contributed by atoms with Crippen molar-refractivity contribution in [2.24, 2.45) is 0 Å². The molecule has 0 spiro atoms. The van der Waals surface area contributed by atoms with Crippen LogP contribution >= 0.6 is 23.2 Å². The normalized spacial score (nSPS) is 15.1. The second kappa shape index (κ2) is 15.1. The zero-order valence-corrected chi connectivity index (χ0v) is 29.0. The van der Waals surface area contributed by atoms with Crippen LogP contribution in [0.4, 0.5) is 0 Å². The van der Waals surface area contributed by atoms with E-state index in [1.165, 1.54) is 0 Å². The second-order valence-corrected chi connectivity index (χ2v) is 13.0. The van der Waals surface area contributed by atoms with Crippen LogP contribution in [0.25, 0.3) is 39.2 Å². The van der Waals surface area contributed by atoms with Crippen molar-refractivity contribution in [3.63, 3.8) is 0 Å². The summed E-state index contributed by atoms with van der Waals surface area (Å²) in [7, 11) is 1.59. The molecule has 2 aromatic carbocycles. The van der Waals surface area contributed by atoms with Crippen molar-refractivity contribution in [3.8, 4) is 39.4 Å². The Morgan fingerprint density at radius 2 is 1.67 bits per heavy atom. The number of nitrogens with zero attached hydrogens (tertiary/aromatic N) is 3. The summed E-state index contributed by atoms with van der Waals surface area (Å²) in [5.74, 6) is 0.583. The number of aromatic nitrogens is 3. The number of ether oxygens (including phenoxy) is 1. The molecule has 1 amide bonds. The molecule has 3 aromatic heterocycles. The predicted octanol–water partition coefficient (Wildman–Crippen LogP) is 5.55. The number of aliphatic hydroxyl groups is 1. The molecule has 254 valence electrons. The van der Waals surface area contributed by atoms with Gasteiger partial charge in [-0.15, -0.1) is 0 Å². The first kappa shape index (κ1) is 34.5. The third-order valence-corrected chi connectivity index (χ3v) is 9.43. The van der Waals surface area contributed by atoms with Gasteiger partial charge < -0.3 is 25.8 Å². The van der Waals surface area contributed by atoms with Crippen molar-refractivity contribution >= 4 is 34.8 Å². The molecule has 2 atom stereocenters. The number of fused-ring (bicyclic) bond motifs is 1. The molecule has 1 saturated heterocycles. The molecule has 0 bridgehead atoms. The maximum atomic E-state index is 13.3. The Morgan fingerprint density at radius 1 is 0.980 bits per heavy atom. The minimum absolute atomic E-state index is 0.0926. The van der Waals surface area contributed by atoms with Crippen LogP contribution in [0.3, 0.4) is 0 Å². The highest BCUT2D eigenvalue weighted by atomic mass is 35.5. The maximum Gasteiger partial charge on any atom is 0.262 e. The van der Waals surface area contributed by atoms with Crippen molar-refractivity contribution in [2.75, 3.05) is 20.2 Å². The van der Waals surface area contributed by atoms with Crippen molar-refractivity contribution in [3.05, 3.63) is 104 Å². The van der Waals surface area contributed by atoms with Crippen LogP contribution in [0.2, 0.25) is 10.0 Å². The van der Waals surface area contributed by atoms with Gasteiger partial charge in [0.05, 0.1) is 34.5 Å². The fraction of sp³-hybridized carbons (Fsp3) is 0.297. The lowest BCUT2D eigenvalue weighted by atomic mass is 9.96. The average Bonchev–Trinajstić information content (AvgIpc) is 3.50. The Kier molecular flexibility index (Phi) is 10.6. The molecule has 1 aliphatic heterocycles. The Hall–Kier alpha value is -4.32. The van der Waals surface area contributed by atoms with E-state index in [2.05, 4.69) is 20.9 Å². The van der Waals surface area contributed by atoms with Crippen LogP contribution in [-0.4, -0.2) is 57.7 Å². The number of amides is 1. The smallest absolute Gasteiger partial charge is 0.262 e. The van der Waals surface area contributed by atoms with Crippen LogP contribution in [0.5, 0.6) is 5.88 Å². The summed E-state index contributed by atoms with van der Waals surface area (Å²) in [5.41, 5.74) is 6.94. The number of benzene rings is 2. The first-order chi connectivity index (χ1) is 23.6. The number of halogens is 2. The number of hydrogen-bond acceptors (Lipinski definition) is 8. The van der Waals surface area contributed by atoms with E-state index in [0.29, 0.717) is 71.1 Å². The van der Waals surface area contributed by atoms with E-state index in [0.717, 1.165) is 39.8 Å². The number of hydrogen-bond donors (Lipinski definition) is 4. The van der Waals surface area contributed by atoms with Gasteiger partial charge in [-0.05, 0) is 44.0 Å². The quantitative estimate of drug-likeness (QED) is 0.133. The first-order valence-electron chi connectivity index (χ1n) is 16.2. The maximum absolute atomic E-state index is 13.3. The Morgan fingerprint density at radius 3 is 2.37 bits per heavy atom. The summed E-state index contributed by atoms with van der Waals surface area (Å²) in [6, 6.07) is 19.3. The summed E-state index contributed by atoms with van der Waals surface area (Å²) in [6.07, 6.45) is 2.45. The minimum Gasteiger partial charge on any atom is -0.481 e. The second-order valence-electron chi connectivity index (χ2n) is 12.3. The van der Waals surface area contributed by atoms with Crippen LogP contribution in [0.1, 0.15) is 36.6 Å². The number of methoxy groups -OCH3 is 1. The molecule has 4 N–H and O–H groups in total. The van der Waals surface area contributed by atoms with Crippen molar-refractivity contribution in [1.82, 2.24) is 30.3 Å². The molecule has 1 aliphatic rings. The molecule has 0 saturated carbocycles. The van der Waals surface area contributed by atoms with Crippen molar-refractivity contribution < 1.29 is 14.6 Å². The van der Waals surface area contributed by atoms with E-state index in [1.54, 1.807) is 24.6 Å². The highest BCUT2D eigenvalue weighted by Gasteiger charge is 2.21. The highest BCUT2D eigenvalue weighted by molar-refractivity contribution is 6.39. The number of aliphatic hydroxyl groups excluding tert-OH is 1. The van der Waals surface area contributed by atoms with Gasteiger partial charge in [-0.1, -0.05) is 65.7 Å². The van der Waals surface area contributed by atoms with E-state index < -0.39 is 6.10 Å².